The standard InChI is InChI=1S/C11H11NO/c1-7-4-3-5-9-10(13)6-8(2)12-11(7)9/h3-6H,1-2H3,(H,12,13). The molecular formula is C11H11NO. The van der Waals surface area contributed by atoms with E-state index in [1.165, 1.54) is 0 Å². The molecule has 1 heterocycles. The first-order valence-electron chi connectivity index (χ1n) is 4.24. The number of aromatic nitrogens is 1. The van der Waals surface area contributed by atoms with Crippen LogP contribution in [0.5, 0.6) is 5.75 Å². The molecule has 0 atom stereocenters. The second-order valence-corrected chi connectivity index (χ2v) is 3.25. The van der Waals surface area contributed by atoms with Gasteiger partial charge in [-0.05, 0) is 25.5 Å². The summed E-state index contributed by atoms with van der Waals surface area (Å²) in [4.78, 5) is 4.38. The normalized spacial score (nSPS) is 10.6. The van der Waals surface area contributed by atoms with Crippen LogP contribution in [0.3, 0.4) is 0 Å². The first-order valence-corrected chi connectivity index (χ1v) is 4.24. The Balaban J connectivity index is 2.94. The summed E-state index contributed by atoms with van der Waals surface area (Å²) in [6.07, 6.45) is 0. The fraction of sp³-hybridized carbons (Fsp3) is 0.182. The lowest BCUT2D eigenvalue weighted by Gasteiger charge is -2.04. The molecular weight excluding hydrogens is 162 g/mol. The molecule has 66 valence electrons. The number of aryl methyl sites for hydroxylation is 2. The molecule has 0 unspecified atom stereocenters. The second-order valence-electron chi connectivity index (χ2n) is 3.25. The number of hydrogen-bond donors (Lipinski definition) is 1. The highest BCUT2D eigenvalue weighted by molar-refractivity contribution is 5.87. The summed E-state index contributed by atoms with van der Waals surface area (Å²) in [5, 5.41) is 10.5. The first-order chi connectivity index (χ1) is 6.18. The van der Waals surface area contributed by atoms with Gasteiger partial charge < -0.3 is 5.11 Å². The van der Waals surface area contributed by atoms with Gasteiger partial charge in [0.1, 0.15) is 5.75 Å². The van der Waals surface area contributed by atoms with Crippen LogP contribution in [0.25, 0.3) is 10.9 Å². The molecule has 1 aromatic heterocycles. The molecule has 0 radical (unpaired) electrons. The average Bonchev–Trinajstić information content (AvgIpc) is 2.07. The van der Waals surface area contributed by atoms with E-state index in [1.54, 1.807) is 6.07 Å². The van der Waals surface area contributed by atoms with Crippen molar-refractivity contribution in [2.45, 2.75) is 13.8 Å². The van der Waals surface area contributed by atoms with Crippen molar-refractivity contribution in [2.24, 2.45) is 0 Å². The van der Waals surface area contributed by atoms with E-state index in [9.17, 15) is 5.11 Å². The van der Waals surface area contributed by atoms with Crippen molar-refractivity contribution in [2.75, 3.05) is 0 Å². The minimum atomic E-state index is 0.311. The predicted molar refractivity (Wildman–Crippen MR) is 52.9 cm³/mol. The van der Waals surface area contributed by atoms with E-state index in [4.69, 9.17) is 0 Å². The van der Waals surface area contributed by atoms with E-state index in [-0.39, 0.29) is 0 Å². The number of fused-ring (bicyclic) bond motifs is 1. The van der Waals surface area contributed by atoms with Crippen molar-refractivity contribution >= 4 is 10.9 Å². The number of aromatic hydroxyl groups is 1. The predicted octanol–water partition coefficient (Wildman–Crippen LogP) is 2.56. The average molecular weight is 173 g/mol. The van der Waals surface area contributed by atoms with Crippen molar-refractivity contribution in [1.82, 2.24) is 4.98 Å². The van der Waals surface area contributed by atoms with E-state index in [1.807, 2.05) is 32.0 Å². The Morgan fingerprint density at radius 3 is 2.77 bits per heavy atom. The Morgan fingerprint density at radius 2 is 2.00 bits per heavy atom. The zero-order chi connectivity index (χ0) is 9.42. The number of benzene rings is 1. The van der Waals surface area contributed by atoms with Crippen LogP contribution in [-0.2, 0) is 0 Å². The van der Waals surface area contributed by atoms with Gasteiger partial charge >= 0.3 is 0 Å². The zero-order valence-electron chi connectivity index (χ0n) is 7.70. The lowest BCUT2D eigenvalue weighted by Crippen LogP contribution is -1.86. The van der Waals surface area contributed by atoms with E-state index in [2.05, 4.69) is 4.98 Å². The molecule has 1 aromatic carbocycles. The van der Waals surface area contributed by atoms with Crippen molar-refractivity contribution in [3.05, 3.63) is 35.5 Å². The van der Waals surface area contributed by atoms with Gasteiger partial charge in [0, 0.05) is 17.1 Å². The molecule has 2 heteroatoms. The summed E-state index contributed by atoms with van der Waals surface area (Å²) in [5.74, 6) is 0.311. The Hall–Kier alpha value is -1.57. The third kappa shape index (κ3) is 1.24. The first kappa shape index (κ1) is 8.05. The largest absolute Gasteiger partial charge is 0.507 e. The van der Waals surface area contributed by atoms with Crippen LogP contribution in [0.2, 0.25) is 0 Å². The van der Waals surface area contributed by atoms with Gasteiger partial charge in [-0.15, -0.1) is 0 Å². The van der Waals surface area contributed by atoms with Crippen LogP contribution >= 0.6 is 0 Å². The molecule has 0 saturated carbocycles. The molecule has 0 bridgehead atoms. The summed E-state index contributed by atoms with van der Waals surface area (Å²) >= 11 is 0. The van der Waals surface area contributed by atoms with E-state index in [0.717, 1.165) is 22.2 Å². The Morgan fingerprint density at radius 1 is 1.23 bits per heavy atom. The number of nitrogens with zero attached hydrogens (tertiary/aromatic N) is 1. The molecule has 0 fully saturated rings. The Bertz CT molecular complexity index is 463. The van der Waals surface area contributed by atoms with Crippen LogP contribution in [-0.4, -0.2) is 10.1 Å². The maximum Gasteiger partial charge on any atom is 0.126 e. The van der Waals surface area contributed by atoms with E-state index >= 15 is 0 Å². The second kappa shape index (κ2) is 2.73. The molecule has 0 spiro atoms. The van der Waals surface area contributed by atoms with Crippen molar-refractivity contribution in [3.63, 3.8) is 0 Å². The highest BCUT2D eigenvalue weighted by Gasteiger charge is 2.03. The van der Waals surface area contributed by atoms with Gasteiger partial charge in [-0.2, -0.15) is 0 Å². The maximum atomic E-state index is 9.64. The van der Waals surface area contributed by atoms with Gasteiger partial charge in [-0.3, -0.25) is 4.98 Å². The summed E-state index contributed by atoms with van der Waals surface area (Å²) in [6.45, 7) is 3.87. The molecule has 0 aliphatic rings. The van der Waals surface area contributed by atoms with Crippen molar-refractivity contribution in [1.29, 1.82) is 0 Å². The van der Waals surface area contributed by atoms with Crippen LogP contribution < -0.4 is 0 Å². The van der Waals surface area contributed by atoms with Gasteiger partial charge in [0.2, 0.25) is 0 Å². The zero-order valence-corrected chi connectivity index (χ0v) is 7.70. The van der Waals surface area contributed by atoms with Gasteiger partial charge in [-0.25, -0.2) is 0 Å². The quantitative estimate of drug-likeness (QED) is 0.664. The van der Waals surface area contributed by atoms with Crippen molar-refractivity contribution < 1.29 is 5.11 Å². The Labute approximate surface area is 76.9 Å². The SMILES string of the molecule is Cc1cc(O)c2cccc(C)c2n1. The smallest absolute Gasteiger partial charge is 0.126 e. The summed E-state index contributed by atoms with van der Waals surface area (Å²) in [6, 6.07) is 7.48. The summed E-state index contributed by atoms with van der Waals surface area (Å²) in [5.41, 5.74) is 2.83. The number of para-hydroxylation sites is 1. The third-order valence-corrected chi connectivity index (χ3v) is 2.15. The van der Waals surface area contributed by atoms with Crippen LogP contribution in [0.15, 0.2) is 24.3 Å². The van der Waals surface area contributed by atoms with Crippen LogP contribution in [0.1, 0.15) is 11.3 Å². The lowest BCUT2D eigenvalue weighted by atomic mass is 10.1. The van der Waals surface area contributed by atoms with Crippen LogP contribution in [0.4, 0.5) is 0 Å². The highest BCUT2D eigenvalue weighted by Crippen LogP contribution is 2.25. The van der Waals surface area contributed by atoms with Crippen LogP contribution in [0, 0.1) is 13.8 Å². The molecule has 0 amide bonds. The molecule has 0 saturated heterocycles. The summed E-state index contributed by atoms with van der Waals surface area (Å²) < 4.78 is 0. The molecule has 1 N–H and O–H groups in total. The highest BCUT2D eigenvalue weighted by atomic mass is 16.3. The van der Waals surface area contributed by atoms with Gasteiger partial charge in [-0.1, -0.05) is 12.1 Å². The minimum Gasteiger partial charge on any atom is -0.507 e. The number of rotatable bonds is 0. The molecule has 2 rings (SSSR count). The maximum absolute atomic E-state index is 9.64. The lowest BCUT2D eigenvalue weighted by molar-refractivity contribution is 0.480. The monoisotopic (exact) mass is 173 g/mol. The fourth-order valence-corrected chi connectivity index (χ4v) is 1.50. The number of pyridine rings is 1. The van der Waals surface area contributed by atoms with E-state index in [0.29, 0.717) is 5.75 Å². The molecule has 0 aliphatic heterocycles. The Kier molecular flexibility index (Phi) is 1.69. The van der Waals surface area contributed by atoms with Gasteiger partial charge in [0.15, 0.2) is 0 Å². The van der Waals surface area contributed by atoms with Crippen molar-refractivity contribution in [3.8, 4) is 5.75 Å². The molecule has 2 aromatic rings. The van der Waals surface area contributed by atoms with Gasteiger partial charge in [0.25, 0.3) is 0 Å². The fourth-order valence-electron chi connectivity index (χ4n) is 1.50. The minimum absolute atomic E-state index is 0.311. The molecule has 13 heavy (non-hydrogen) atoms. The number of hydrogen-bond acceptors (Lipinski definition) is 2. The molecule has 2 nitrogen and oxygen atoms in total. The van der Waals surface area contributed by atoms with E-state index < -0.39 is 0 Å². The van der Waals surface area contributed by atoms with Gasteiger partial charge in [0.05, 0.1) is 5.52 Å². The third-order valence-electron chi connectivity index (χ3n) is 2.15. The topological polar surface area (TPSA) is 33.1 Å². The molecule has 0 aliphatic carbocycles. The summed E-state index contributed by atoms with van der Waals surface area (Å²) in [7, 11) is 0.